The van der Waals surface area contributed by atoms with Gasteiger partial charge in [0.15, 0.2) is 5.54 Å². The Hall–Kier alpha value is -1.95. The Morgan fingerprint density at radius 2 is 2.21 bits per heavy atom. The van der Waals surface area contributed by atoms with E-state index >= 15 is 0 Å². The van der Waals surface area contributed by atoms with Crippen LogP contribution in [0.2, 0.25) is 0 Å². The molecule has 0 aromatic carbocycles. The number of nitrogens with zero attached hydrogens (tertiary/aromatic N) is 2. The van der Waals surface area contributed by atoms with Crippen molar-refractivity contribution in [2.24, 2.45) is 0 Å². The fourth-order valence-electron chi connectivity index (χ4n) is 2.03. The SMILES string of the molecule is CCOCCN1C(=O)N[C@@](C)(c2ccccn2)C1=O. The Morgan fingerprint density at radius 1 is 1.42 bits per heavy atom. The zero-order valence-electron chi connectivity index (χ0n) is 11.0. The average molecular weight is 263 g/mol. The average Bonchev–Trinajstić information content (AvgIpc) is 2.64. The highest BCUT2D eigenvalue weighted by Crippen LogP contribution is 2.26. The molecule has 1 saturated heterocycles. The summed E-state index contributed by atoms with van der Waals surface area (Å²) in [7, 11) is 0. The second kappa shape index (κ2) is 5.36. The summed E-state index contributed by atoms with van der Waals surface area (Å²) in [6.45, 7) is 4.68. The fraction of sp³-hybridized carbons (Fsp3) is 0.462. The molecular formula is C13H17N3O3. The van der Waals surface area contributed by atoms with Gasteiger partial charge in [-0.15, -0.1) is 0 Å². The molecule has 0 radical (unpaired) electrons. The number of urea groups is 1. The smallest absolute Gasteiger partial charge is 0.325 e. The predicted molar refractivity (Wildman–Crippen MR) is 68.3 cm³/mol. The standard InChI is InChI=1S/C13H17N3O3/c1-3-19-9-8-16-11(17)13(2,15-12(16)18)10-6-4-5-7-14-10/h4-7H,3,8-9H2,1-2H3,(H,15,18)/t13-/m0/s1. The number of imide groups is 1. The summed E-state index contributed by atoms with van der Waals surface area (Å²) in [6, 6.07) is 4.87. The number of pyridine rings is 1. The number of hydrogen-bond acceptors (Lipinski definition) is 4. The fourth-order valence-corrected chi connectivity index (χ4v) is 2.03. The minimum absolute atomic E-state index is 0.251. The quantitative estimate of drug-likeness (QED) is 0.632. The van der Waals surface area contributed by atoms with Crippen LogP contribution in [0.3, 0.4) is 0 Å². The summed E-state index contributed by atoms with van der Waals surface area (Å²) in [5, 5.41) is 2.69. The molecule has 2 heterocycles. The topological polar surface area (TPSA) is 71.5 Å². The molecule has 19 heavy (non-hydrogen) atoms. The van der Waals surface area contributed by atoms with Crippen LogP contribution in [0.5, 0.6) is 0 Å². The Morgan fingerprint density at radius 3 is 2.84 bits per heavy atom. The third kappa shape index (κ3) is 2.44. The summed E-state index contributed by atoms with van der Waals surface area (Å²) in [4.78, 5) is 29.6. The van der Waals surface area contributed by atoms with Gasteiger partial charge in [0.25, 0.3) is 5.91 Å². The van der Waals surface area contributed by atoms with Crippen molar-refractivity contribution < 1.29 is 14.3 Å². The van der Waals surface area contributed by atoms with Gasteiger partial charge in [0.05, 0.1) is 18.8 Å². The summed E-state index contributed by atoms with van der Waals surface area (Å²) in [5.74, 6) is -0.295. The molecule has 1 aliphatic rings. The Labute approximate surface area is 111 Å². The van der Waals surface area contributed by atoms with Gasteiger partial charge >= 0.3 is 6.03 Å². The van der Waals surface area contributed by atoms with Crippen LogP contribution in [0.1, 0.15) is 19.5 Å². The van der Waals surface area contributed by atoms with E-state index in [4.69, 9.17) is 4.74 Å². The minimum Gasteiger partial charge on any atom is -0.380 e. The third-order valence-corrected chi connectivity index (χ3v) is 3.12. The van der Waals surface area contributed by atoms with Gasteiger partial charge < -0.3 is 10.1 Å². The molecular weight excluding hydrogens is 246 g/mol. The van der Waals surface area contributed by atoms with Gasteiger partial charge in [0.1, 0.15) is 0 Å². The summed E-state index contributed by atoms with van der Waals surface area (Å²) in [5.41, 5.74) is -0.558. The molecule has 3 amide bonds. The summed E-state index contributed by atoms with van der Waals surface area (Å²) in [6.07, 6.45) is 1.60. The van der Waals surface area contributed by atoms with Gasteiger partial charge in [-0.1, -0.05) is 6.07 Å². The first kappa shape index (κ1) is 13.5. The molecule has 2 rings (SSSR count). The highest BCUT2D eigenvalue weighted by Gasteiger charge is 2.49. The van der Waals surface area contributed by atoms with Crippen molar-refractivity contribution >= 4 is 11.9 Å². The van der Waals surface area contributed by atoms with Gasteiger partial charge in [0.2, 0.25) is 0 Å². The monoisotopic (exact) mass is 263 g/mol. The van der Waals surface area contributed by atoms with E-state index in [2.05, 4.69) is 10.3 Å². The lowest BCUT2D eigenvalue weighted by molar-refractivity contribution is -0.131. The normalized spacial score (nSPS) is 22.7. The largest absolute Gasteiger partial charge is 0.380 e. The van der Waals surface area contributed by atoms with E-state index < -0.39 is 11.6 Å². The van der Waals surface area contributed by atoms with E-state index in [9.17, 15) is 9.59 Å². The van der Waals surface area contributed by atoms with Crippen molar-refractivity contribution in [1.29, 1.82) is 0 Å². The van der Waals surface area contributed by atoms with Gasteiger partial charge in [-0.3, -0.25) is 14.7 Å². The van der Waals surface area contributed by atoms with Crippen molar-refractivity contribution in [3.8, 4) is 0 Å². The molecule has 0 unspecified atom stereocenters. The van der Waals surface area contributed by atoms with Gasteiger partial charge in [-0.25, -0.2) is 4.79 Å². The molecule has 0 saturated carbocycles. The van der Waals surface area contributed by atoms with Crippen LogP contribution in [-0.2, 0) is 15.1 Å². The molecule has 6 nitrogen and oxygen atoms in total. The van der Waals surface area contributed by atoms with E-state index in [1.165, 1.54) is 4.90 Å². The molecule has 0 bridgehead atoms. The second-order valence-corrected chi connectivity index (χ2v) is 4.42. The lowest BCUT2D eigenvalue weighted by Crippen LogP contribution is -2.42. The number of ether oxygens (including phenoxy) is 1. The van der Waals surface area contributed by atoms with Crippen molar-refractivity contribution in [2.75, 3.05) is 19.8 Å². The first-order valence-electron chi connectivity index (χ1n) is 6.23. The van der Waals surface area contributed by atoms with Gasteiger partial charge in [-0.05, 0) is 26.0 Å². The Kier molecular flexibility index (Phi) is 3.80. The van der Waals surface area contributed by atoms with Crippen molar-refractivity contribution in [3.63, 3.8) is 0 Å². The highest BCUT2D eigenvalue weighted by atomic mass is 16.5. The van der Waals surface area contributed by atoms with Crippen molar-refractivity contribution in [3.05, 3.63) is 30.1 Å². The molecule has 1 atom stereocenters. The van der Waals surface area contributed by atoms with Crippen molar-refractivity contribution in [1.82, 2.24) is 15.2 Å². The van der Waals surface area contributed by atoms with Crippen LogP contribution in [-0.4, -0.2) is 41.6 Å². The van der Waals surface area contributed by atoms with Crippen LogP contribution >= 0.6 is 0 Å². The lowest BCUT2D eigenvalue weighted by Gasteiger charge is -2.20. The predicted octanol–water partition coefficient (Wildman–Crippen LogP) is 0.885. The molecule has 1 aliphatic heterocycles. The van der Waals surface area contributed by atoms with Crippen molar-refractivity contribution in [2.45, 2.75) is 19.4 Å². The second-order valence-electron chi connectivity index (χ2n) is 4.42. The Bertz CT molecular complexity index is 477. The van der Waals surface area contributed by atoms with Gasteiger partial charge in [0, 0.05) is 12.8 Å². The summed E-state index contributed by atoms with van der Waals surface area (Å²) < 4.78 is 5.18. The van der Waals surface area contributed by atoms with Crippen LogP contribution < -0.4 is 5.32 Å². The maximum Gasteiger partial charge on any atom is 0.325 e. The minimum atomic E-state index is -1.09. The van der Waals surface area contributed by atoms with E-state index in [0.717, 1.165) is 0 Å². The number of carbonyl (C=O) groups is 2. The number of nitrogens with one attached hydrogen (secondary N) is 1. The lowest BCUT2D eigenvalue weighted by atomic mass is 9.97. The number of hydrogen-bond donors (Lipinski definition) is 1. The van der Waals surface area contributed by atoms with Crippen LogP contribution in [0.4, 0.5) is 4.79 Å². The first-order valence-corrected chi connectivity index (χ1v) is 6.23. The first-order chi connectivity index (χ1) is 9.09. The van der Waals surface area contributed by atoms with E-state index in [0.29, 0.717) is 18.9 Å². The number of aromatic nitrogens is 1. The summed E-state index contributed by atoms with van der Waals surface area (Å²) >= 11 is 0. The van der Waals surface area contributed by atoms with E-state index in [1.807, 2.05) is 6.92 Å². The maximum atomic E-state index is 12.4. The number of amides is 3. The van der Waals surface area contributed by atoms with Crippen LogP contribution in [0, 0.1) is 0 Å². The molecule has 0 spiro atoms. The van der Waals surface area contributed by atoms with E-state index in [1.54, 1.807) is 31.3 Å². The zero-order chi connectivity index (χ0) is 13.9. The number of carbonyl (C=O) groups excluding carboxylic acids is 2. The molecule has 0 aliphatic carbocycles. The Balaban J connectivity index is 2.17. The molecule has 1 aromatic rings. The van der Waals surface area contributed by atoms with Crippen LogP contribution in [0.15, 0.2) is 24.4 Å². The highest BCUT2D eigenvalue weighted by molar-refractivity contribution is 6.06. The van der Waals surface area contributed by atoms with Gasteiger partial charge in [-0.2, -0.15) is 0 Å². The van der Waals surface area contributed by atoms with Crippen LogP contribution in [0.25, 0.3) is 0 Å². The molecule has 1 aromatic heterocycles. The molecule has 6 heteroatoms. The molecule has 1 fully saturated rings. The molecule has 102 valence electrons. The molecule has 1 N–H and O–H groups in total. The van der Waals surface area contributed by atoms with E-state index in [-0.39, 0.29) is 12.5 Å². The number of rotatable bonds is 5. The maximum absolute atomic E-state index is 12.4. The third-order valence-electron chi connectivity index (χ3n) is 3.12. The zero-order valence-corrected chi connectivity index (χ0v) is 11.0.